The quantitative estimate of drug-likeness (QED) is 0.694. The van der Waals surface area contributed by atoms with Gasteiger partial charge < -0.3 is 9.88 Å². The van der Waals surface area contributed by atoms with Crippen LogP contribution in [-0.2, 0) is 4.79 Å². The predicted octanol–water partition coefficient (Wildman–Crippen LogP) is 2.84. The van der Waals surface area contributed by atoms with Crippen LogP contribution in [0.5, 0.6) is 0 Å². The van der Waals surface area contributed by atoms with Gasteiger partial charge in [-0.2, -0.15) is 0 Å². The van der Waals surface area contributed by atoms with E-state index in [1.54, 1.807) is 25.4 Å². The molecule has 0 atom stereocenters. The van der Waals surface area contributed by atoms with E-state index in [1.165, 1.54) is 16.7 Å². The van der Waals surface area contributed by atoms with Crippen LogP contribution in [-0.4, -0.2) is 28.8 Å². The molecular weight excluding hydrogens is 292 g/mol. The number of para-hydroxylation sites is 1. The summed E-state index contributed by atoms with van der Waals surface area (Å²) in [4.78, 5) is 35.8. The molecule has 0 aliphatic carbocycles. The molecule has 0 radical (unpaired) electrons. The van der Waals surface area contributed by atoms with Crippen molar-refractivity contribution in [3.05, 3.63) is 48.3 Å². The Morgan fingerprint density at radius 3 is 2.74 bits per heavy atom. The van der Waals surface area contributed by atoms with Gasteiger partial charge in [-0.3, -0.25) is 14.5 Å². The highest BCUT2D eigenvalue weighted by Gasteiger charge is 2.34. The Balaban J connectivity index is 2.15. The molecule has 1 aliphatic rings. The van der Waals surface area contributed by atoms with E-state index in [0.29, 0.717) is 22.9 Å². The van der Waals surface area contributed by atoms with Gasteiger partial charge in [0.05, 0.1) is 11.4 Å². The monoisotopic (exact) mass is 306 g/mol. The van der Waals surface area contributed by atoms with Crippen molar-refractivity contribution in [2.24, 2.45) is 0 Å². The number of aromatic amines is 1. The highest BCUT2D eigenvalue weighted by atomic mass is 16.2. The molecule has 0 bridgehead atoms. The van der Waals surface area contributed by atoms with Gasteiger partial charge in [0.1, 0.15) is 5.69 Å². The fourth-order valence-electron chi connectivity index (χ4n) is 3.03. The van der Waals surface area contributed by atoms with Crippen LogP contribution >= 0.6 is 0 Å². The van der Waals surface area contributed by atoms with E-state index >= 15 is 0 Å². The largest absolute Gasteiger partial charge is 0.349 e. The number of amides is 2. The number of rotatable bonds is 0. The minimum atomic E-state index is -0.200. The topological polar surface area (TPSA) is 69.3 Å². The van der Waals surface area contributed by atoms with E-state index in [0.717, 1.165) is 10.9 Å². The molecule has 0 fully saturated rings. The third-order valence-electron chi connectivity index (χ3n) is 4.07. The molecule has 0 unspecified atom stereocenters. The van der Waals surface area contributed by atoms with E-state index in [2.05, 4.69) is 9.97 Å². The fourth-order valence-corrected chi connectivity index (χ4v) is 3.03. The van der Waals surface area contributed by atoms with Gasteiger partial charge in [0.15, 0.2) is 5.82 Å². The molecule has 114 valence electrons. The van der Waals surface area contributed by atoms with Crippen LogP contribution in [0.15, 0.2) is 42.6 Å². The smallest absolute Gasteiger partial charge is 0.276 e. The average molecular weight is 306 g/mol. The number of H-pyrrole nitrogens is 1. The maximum absolute atomic E-state index is 12.9. The van der Waals surface area contributed by atoms with Gasteiger partial charge in [-0.25, -0.2) is 4.98 Å². The minimum Gasteiger partial charge on any atom is -0.349 e. The lowest BCUT2D eigenvalue weighted by atomic mass is 10.2. The second-order valence-corrected chi connectivity index (χ2v) is 5.46. The number of hydrogen-bond acceptors (Lipinski definition) is 3. The number of carbonyl (C=O) groups is 2. The number of nitrogens with zero attached hydrogens (tertiary/aromatic N) is 3. The summed E-state index contributed by atoms with van der Waals surface area (Å²) in [5.74, 6) is 0.0626. The van der Waals surface area contributed by atoms with Gasteiger partial charge in [0, 0.05) is 31.1 Å². The molecule has 6 nitrogen and oxygen atoms in total. The molecule has 6 heteroatoms. The van der Waals surface area contributed by atoms with Crippen LogP contribution in [0.25, 0.3) is 10.9 Å². The number of benzene rings is 1. The van der Waals surface area contributed by atoms with Crippen LogP contribution < -0.4 is 9.80 Å². The molecule has 0 spiro atoms. The molecule has 2 aromatic heterocycles. The highest BCUT2D eigenvalue weighted by Crippen LogP contribution is 2.42. The zero-order valence-electron chi connectivity index (χ0n) is 12.7. The molecule has 1 N–H and O–H groups in total. The molecule has 1 aliphatic heterocycles. The minimum absolute atomic E-state index is 0.195. The third-order valence-corrected chi connectivity index (χ3v) is 4.07. The van der Waals surface area contributed by atoms with Crippen LogP contribution in [0.3, 0.4) is 0 Å². The lowest BCUT2D eigenvalue weighted by Crippen LogP contribution is -2.26. The summed E-state index contributed by atoms with van der Waals surface area (Å²) < 4.78 is 0. The average Bonchev–Trinajstić information content (AvgIpc) is 2.89. The molecule has 1 aromatic carbocycles. The Kier molecular flexibility index (Phi) is 2.74. The molecule has 4 rings (SSSR count). The van der Waals surface area contributed by atoms with E-state index in [1.807, 2.05) is 24.3 Å². The van der Waals surface area contributed by atoms with Crippen LogP contribution in [0.1, 0.15) is 17.4 Å². The van der Waals surface area contributed by atoms with Crippen molar-refractivity contribution in [3.8, 4) is 0 Å². The van der Waals surface area contributed by atoms with E-state index in [9.17, 15) is 9.59 Å². The number of fused-ring (bicyclic) bond motifs is 4. The molecule has 0 saturated heterocycles. The third kappa shape index (κ3) is 1.78. The van der Waals surface area contributed by atoms with Crippen LogP contribution in [0, 0.1) is 0 Å². The molecular formula is C17H14N4O2. The molecule has 3 heterocycles. The Hall–Kier alpha value is -3.15. The first-order valence-electron chi connectivity index (χ1n) is 7.24. The van der Waals surface area contributed by atoms with E-state index in [4.69, 9.17) is 0 Å². The SMILES string of the molecule is CC(=O)N1c2ncccc2N(C)C(=O)c2[nH]c3ccccc3c21. The number of pyridine rings is 1. The zero-order valence-corrected chi connectivity index (χ0v) is 12.7. The number of hydrogen-bond donors (Lipinski definition) is 1. The summed E-state index contributed by atoms with van der Waals surface area (Å²) in [6, 6.07) is 11.1. The van der Waals surface area contributed by atoms with E-state index < -0.39 is 0 Å². The number of carbonyl (C=O) groups excluding carboxylic acids is 2. The summed E-state index contributed by atoms with van der Waals surface area (Å²) in [7, 11) is 1.68. The first kappa shape index (κ1) is 13.5. The van der Waals surface area contributed by atoms with Gasteiger partial charge in [0.25, 0.3) is 5.91 Å². The van der Waals surface area contributed by atoms with Gasteiger partial charge in [-0.15, -0.1) is 0 Å². The van der Waals surface area contributed by atoms with Gasteiger partial charge in [-0.05, 0) is 18.2 Å². The normalized spacial score (nSPS) is 13.7. The van der Waals surface area contributed by atoms with Crippen LogP contribution in [0.4, 0.5) is 17.2 Å². The van der Waals surface area contributed by atoms with Crippen molar-refractivity contribution in [1.82, 2.24) is 9.97 Å². The maximum atomic E-state index is 12.9. The molecule has 23 heavy (non-hydrogen) atoms. The number of nitrogens with one attached hydrogen (secondary N) is 1. The van der Waals surface area contributed by atoms with Crippen molar-refractivity contribution in [3.63, 3.8) is 0 Å². The fraction of sp³-hybridized carbons (Fsp3) is 0.118. The lowest BCUT2D eigenvalue weighted by Gasteiger charge is -2.21. The second-order valence-electron chi connectivity index (χ2n) is 5.46. The molecule has 3 aromatic rings. The summed E-state index contributed by atoms with van der Waals surface area (Å²) in [6.07, 6.45) is 1.62. The van der Waals surface area contributed by atoms with Gasteiger partial charge in [-0.1, -0.05) is 18.2 Å². The first-order valence-corrected chi connectivity index (χ1v) is 7.24. The Morgan fingerprint density at radius 2 is 1.96 bits per heavy atom. The van der Waals surface area contributed by atoms with Crippen molar-refractivity contribution in [1.29, 1.82) is 0 Å². The standard InChI is InChI=1S/C17H14N4O2/c1-10(22)21-15-11-6-3-4-7-12(11)19-14(15)17(23)20(2)13-8-5-9-18-16(13)21/h3-9,19H,1-2H3. The predicted molar refractivity (Wildman–Crippen MR) is 88.1 cm³/mol. The van der Waals surface area contributed by atoms with E-state index in [-0.39, 0.29) is 11.8 Å². The maximum Gasteiger partial charge on any atom is 0.276 e. The zero-order chi connectivity index (χ0) is 16.1. The van der Waals surface area contributed by atoms with Gasteiger partial charge >= 0.3 is 0 Å². The summed E-state index contributed by atoms with van der Waals surface area (Å²) in [5.41, 5.74) is 2.36. The lowest BCUT2D eigenvalue weighted by molar-refractivity contribution is -0.115. The van der Waals surface area contributed by atoms with Crippen molar-refractivity contribution >= 4 is 39.9 Å². The molecule has 2 amide bonds. The first-order chi connectivity index (χ1) is 11.1. The Labute approximate surface area is 132 Å². The molecule has 0 saturated carbocycles. The Morgan fingerprint density at radius 1 is 1.17 bits per heavy atom. The number of aromatic nitrogens is 2. The van der Waals surface area contributed by atoms with Crippen LogP contribution in [0.2, 0.25) is 0 Å². The summed E-state index contributed by atoms with van der Waals surface area (Å²) in [6.45, 7) is 1.47. The Bertz CT molecular complexity index is 960. The van der Waals surface area contributed by atoms with Crippen molar-refractivity contribution in [2.45, 2.75) is 6.92 Å². The van der Waals surface area contributed by atoms with Crippen molar-refractivity contribution < 1.29 is 9.59 Å². The summed E-state index contributed by atoms with van der Waals surface area (Å²) in [5, 5.41) is 0.818. The van der Waals surface area contributed by atoms with Crippen molar-refractivity contribution in [2.75, 3.05) is 16.8 Å². The second kappa shape index (κ2) is 4.67. The number of anilines is 3. The summed E-state index contributed by atoms with van der Waals surface area (Å²) >= 11 is 0. The highest BCUT2D eigenvalue weighted by molar-refractivity contribution is 6.22. The van der Waals surface area contributed by atoms with Gasteiger partial charge in [0.2, 0.25) is 5.91 Å².